The summed E-state index contributed by atoms with van der Waals surface area (Å²) in [5, 5.41) is 3.57. The molecule has 100 valence electrons. The molecule has 1 aromatic heterocycles. The number of nitrogens with zero attached hydrogens (tertiary/aromatic N) is 2. The number of ether oxygens (including phenoxy) is 3. The van der Waals surface area contributed by atoms with E-state index in [4.69, 9.17) is 25.8 Å². The van der Waals surface area contributed by atoms with E-state index in [1.54, 1.807) is 0 Å². The van der Waals surface area contributed by atoms with E-state index in [2.05, 4.69) is 15.3 Å². The zero-order chi connectivity index (χ0) is 13.0. The van der Waals surface area contributed by atoms with E-state index >= 15 is 0 Å². The largest absolute Gasteiger partial charge is 0.467 e. The van der Waals surface area contributed by atoms with E-state index < -0.39 is 5.79 Å². The molecule has 6 nitrogen and oxygen atoms in total. The van der Waals surface area contributed by atoms with Gasteiger partial charge in [-0.15, -0.1) is 0 Å². The van der Waals surface area contributed by atoms with Crippen LogP contribution in [0.2, 0.25) is 5.02 Å². The van der Waals surface area contributed by atoms with E-state index in [0.717, 1.165) is 0 Å². The molecule has 7 heteroatoms. The maximum absolute atomic E-state index is 5.98. The molecule has 1 fully saturated rings. The number of hydrogen-bond donors (Lipinski definition) is 1. The Hall–Kier alpha value is -1.11. The van der Waals surface area contributed by atoms with Crippen LogP contribution >= 0.6 is 11.6 Å². The lowest BCUT2D eigenvalue weighted by molar-refractivity contribution is -0.144. The minimum Gasteiger partial charge on any atom is -0.467 e. The van der Waals surface area contributed by atoms with Gasteiger partial charge in [-0.25, -0.2) is 4.98 Å². The second-order valence-electron chi connectivity index (χ2n) is 4.06. The van der Waals surface area contributed by atoms with Crippen molar-refractivity contribution in [3.63, 3.8) is 0 Å². The molecule has 0 amide bonds. The summed E-state index contributed by atoms with van der Waals surface area (Å²) in [6.45, 7) is 3.83. The van der Waals surface area contributed by atoms with Gasteiger partial charge in [0.15, 0.2) is 11.6 Å². The van der Waals surface area contributed by atoms with E-state index in [-0.39, 0.29) is 6.01 Å². The van der Waals surface area contributed by atoms with Crippen molar-refractivity contribution in [1.29, 1.82) is 0 Å². The van der Waals surface area contributed by atoms with Crippen LogP contribution in [-0.2, 0) is 9.47 Å². The maximum Gasteiger partial charge on any atom is 0.318 e. The van der Waals surface area contributed by atoms with Gasteiger partial charge in [-0.2, -0.15) is 4.98 Å². The van der Waals surface area contributed by atoms with Crippen molar-refractivity contribution in [3.05, 3.63) is 11.2 Å². The van der Waals surface area contributed by atoms with Gasteiger partial charge in [0, 0.05) is 13.0 Å². The van der Waals surface area contributed by atoms with Crippen LogP contribution < -0.4 is 10.1 Å². The summed E-state index contributed by atoms with van der Waals surface area (Å²) < 4.78 is 15.9. The molecule has 18 heavy (non-hydrogen) atoms. The molecule has 0 spiro atoms. The first-order chi connectivity index (χ1) is 8.63. The fourth-order valence-corrected chi connectivity index (χ4v) is 1.84. The Morgan fingerprint density at radius 3 is 2.89 bits per heavy atom. The maximum atomic E-state index is 5.98. The zero-order valence-electron chi connectivity index (χ0n) is 10.4. The molecule has 0 radical (unpaired) electrons. The number of halogens is 1. The molecule has 1 aromatic rings. The number of rotatable bonds is 5. The second kappa shape index (κ2) is 5.69. The van der Waals surface area contributed by atoms with Crippen molar-refractivity contribution in [2.75, 3.05) is 32.2 Å². The standard InChI is InChI=1S/C11H16ClN3O3/c1-11(17-5-6-18-11)3-4-13-9-8(12)7-14-10(15-9)16-2/h7H,3-6H2,1-2H3,(H,13,14,15). The van der Waals surface area contributed by atoms with Crippen LogP contribution in [0.25, 0.3) is 0 Å². The Morgan fingerprint density at radius 2 is 2.22 bits per heavy atom. The van der Waals surface area contributed by atoms with Crippen molar-refractivity contribution in [2.45, 2.75) is 19.1 Å². The quantitative estimate of drug-likeness (QED) is 0.881. The topological polar surface area (TPSA) is 65.5 Å². The lowest BCUT2D eigenvalue weighted by Crippen LogP contribution is -2.28. The number of nitrogens with one attached hydrogen (secondary N) is 1. The Bertz CT molecular complexity index is 411. The third-order valence-corrected chi connectivity index (χ3v) is 2.95. The first-order valence-corrected chi connectivity index (χ1v) is 6.09. The van der Waals surface area contributed by atoms with Crippen molar-refractivity contribution >= 4 is 17.4 Å². The molecule has 1 saturated heterocycles. The van der Waals surface area contributed by atoms with Crippen molar-refractivity contribution in [1.82, 2.24) is 9.97 Å². The molecular weight excluding hydrogens is 258 g/mol. The predicted molar refractivity (Wildman–Crippen MR) is 67.0 cm³/mol. The molecule has 2 rings (SSSR count). The summed E-state index contributed by atoms with van der Waals surface area (Å²) in [6.07, 6.45) is 2.20. The smallest absolute Gasteiger partial charge is 0.318 e. The Labute approximate surface area is 111 Å². The van der Waals surface area contributed by atoms with Gasteiger partial charge in [0.25, 0.3) is 0 Å². The molecular formula is C11H16ClN3O3. The molecule has 2 heterocycles. The highest BCUT2D eigenvalue weighted by Crippen LogP contribution is 2.24. The van der Waals surface area contributed by atoms with Crippen LogP contribution in [0.5, 0.6) is 6.01 Å². The van der Waals surface area contributed by atoms with Gasteiger partial charge < -0.3 is 19.5 Å². The molecule has 0 atom stereocenters. The van der Waals surface area contributed by atoms with Gasteiger partial charge in [0.05, 0.1) is 26.5 Å². The van der Waals surface area contributed by atoms with E-state index in [9.17, 15) is 0 Å². The summed E-state index contributed by atoms with van der Waals surface area (Å²) in [6, 6.07) is 0.279. The van der Waals surface area contributed by atoms with E-state index in [1.165, 1.54) is 13.3 Å². The van der Waals surface area contributed by atoms with Crippen LogP contribution in [0, 0.1) is 0 Å². The summed E-state index contributed by atoms with van der Waals surface area (Å²) in [5.74, 6) is 0.0291. The minimum absolute atomic E-state index is 0.279. The van der Waals surface area contributed by atoms with Gasteiger partial charge in [-0.1, -0.05) is 11.6 Å². The van der Waals surface area contributed by atoms with Crippen LogP contribution in [0.15, 0.2) is 6.20 Å². The predicted octanol–water partition coefficient (Wildman–Crippen LogP) is 1.70. The Kier molecular flexibility index (Phi) is 4.21. The Morgan fingerprint density at radius 1 is 1.50 bits per heavy atom. The number of hydrogen-bond acceptors (Lipinski definition) is 6. The molecule has 0 unspecified atom stereocenters. The normalized spacial score (nSPS) is 17.7. The fraction of sp³-hybridized carbons (Fsp3) is 0.636. The number of methoxy groups -OCH3 is 1. The SMILES string of the molecule is COc1ncc(Cl)c(NCCC2(C)OCCO2)n1. The summed E-state index contributed by atoms with van der Waals surface area (Å²) >= 11 is 5.98. The molecule has 0 aromatic carbocycles. The summed E-state index contributed by atoms with van der Waals surface area (Å²) in [5.41, 5.74) is 0. The third-order valence-electron chi connectivity index (χ3n) is 2.67. The lowest BCUT2D eigenvalue weighted by Gasteiger charge is -2.22. The minimum atomic E-state index is -0.517. The highest BCUT2D eigenvalue weighted by Gasteiger charge is 2.30. The van der Waals surface area contributed by atoms with Crippen molar-refractivity contribution < 1.29 is 14.2 Å². The fourth-order valence-electron chi connectivity index (χ4n) is 1.68. The molecule has 0 aliphatic carbocycles. The Balaban J connectivity index is 1.89. The van der Waals surface area contributed by atoms with Gasteiger partial charge in [0.2, 0.25) is 0 Å². The summed E-state index contributed by atoms with van der Waals surface area (Å²) in [4.78, 5) is 8.02. The molecule has 1 aliphatic rings. The lowest BCUT2D eigenvalue weighted by atomic mass is 10.2. The van der Waals surface area contributed by atoms with Gasteiger partial charge in [-0.05, 0) is 6.92 Å². The van der Waals surface area contributed by atoms with Crippen LogP contribution in [0.1, 0.15) is 13.3 Å². The van der Waals surface area contributed by atoms with Crippen LogP contribution in [0.4, 0.5) is 5.82 Å². The van der Waals surface area contributed by atoms with Gasteiger partial charge in [0.1, 0.15) is 5.02 Å². The molecule has 0 saturated carbocycles. The van der Waals surface area contributed by atoms with Crippen LogP contribution in [0.3, 0.4) is 0 Å². The number of aromatic nitrogens is 2. The van der Waals surface area contributed by atoms with Gasteiger partial charge in [-0.3, -0.25) is 0 Å². The first-order valence-electron chi connectivity index (χ1n) is 5.71. The first kappa shape index (κ1) is 13.3. The molecule has 1 N–H and O–H groups in total. The second-order valence-corrected chi connectivity index (χ2v) is 4.47. The summed E-state index contributed by atoms with van der Waals surface area (Å²) in [7, 11) is 1.51. The highest BCUT2D eigenvalue weighted by molar-refractivity contribution is 6.32. The van der Waals surface area contributed by atoms with Crippen molar-refractivity contribution in [2.24, 2.45) is 0 Å². The van der Waals surface area contributed by atoms with E-state index in [0.29, 0.717) is 37.0 Å². The van der Waals surface area contributed by atoms with Crippen molar-refractivity contribution in [3.8, 4) is 6.01 Å². The zero-order valence-corrected chi connectivity index (χ0v) is 11.2. The molecule has 1 aliphatic heterocycles. The average molecular weight is 274 g/mol. The van der Waals surface area contributed by atoms with Gasteiger partial charge >= 0.3 is 6.01 Å². The molecule has 0 bridgehead atoms. The van der Waals surface area contributed by atoms with E-state index in [1.807, 2.05) is 6.92 Å². The monoisotopic (exact) mass is 273 g/mol. The number of anilines is 1. The third kappa shape index (κ3) is 3.22. The van der Waals surface area contributed by atoms with Crippen LogP contribution in [-0.4, -0.2) is 42.6 Å². The highest BCUT2D eigenvalue weighted by atomic mass is 35.5. The average Bonchev–Trinajstić information content (AvgIpc) is 2.79.